The Labute approximate surface area is 106 Å². The number of Topliss-reactive ketones (excluding diaryl/α,β-unsaturated/α-hetero) is 1. The molecule has 0 bridgehead atoms. The Morgan fingerprint density at radius 2 is 2.00 bits per heavy atom. The number of rotatable bonds is 5. The molecule has 3 aliphatic rings. The van der Waals surface area contributed by atoms with Crippen LogP contribution in [0.3, 0.4) is 0 Å². The number of hydrogen-bond donors (Lipinski definition) is 2. The molecule has 1 heterocycles. The summed E-state index contributed by atoms with van der Waals surface area (Å²) in [5, 5.41) is 11.2. The summed E-state index contributed by atoms with van der Waals surface area (Å²) in [4.78, 5) is 23.0. The highest BCUT2D eigenvalue weighted by Crippen LogP contribution is 2.55. The number of fused-ring (bicyclic) bond motifs is 1. The van der Waals surface area contributed by atoms with Crippen LogP contribution < -0.4 is 5.32 Å². The lowest BCUT2D eigenvalue weighted by Crippen LogP contribution is -2.46. The minimum absolute atomic E-state index is 0.106. The number of carbonyl (C=O) groups excluding carboxylic acids is 1. The van der Waals surface area contributed by atoms with E-state index in [9.17, 15) is 9.59 Å². The fraction of sp³-hybridized carbons (Fsp3) is 0.846. The molecule has 2 N–H and O–H groups in total. The number of hydrogen-bond acceptors (Lipinski definition) is 3. The van der Waals surface area contributed by atoms with Crippen molar-refractivity contribution in [2.75, 3.05) is 6.61 Å². The summed E-state index contributed by atoms with van der Waals surface area (Å²) in [5.74, 6) is 2.09. The highest BCUT2D eigenvalue weighted by molar-refractivity contribution is 5.95. The number of ketones is 1. The van der Waals surface area contributed by atoms with Crippen LogP contribution in [0.2, 0.25) is 0 Å². The van der Waals surface area contributed by atoms with Gasteiger partial charge in [0.2, 0.25) is 0 Å². The fourth-order valence-corrected chi connectivity index (χ4v) is 3.37. The zero-order valence-electron chi connectivity index (χ0n) is 10.5. The first-order valence-electron chi connectivity index (χ1n) is 6.65. The maximum absolute atomic E-state index is 12.2. The quantitative estimate of drug-likeness (QED) is 0.726. The standard InChI is InChI=1S/C13H19NO4/c1-13(6-18-13)11(15)10(14-12(16)17)4-7-2-8-5-9(8)3-7/h7-10,14H,2-6H2,1H3,(H,16,17)/t7-,8-,9+,10-,13+/m0/s1. The molecule has 2 aliphatic carbocycles. The zero-order valence-corrected chi connectivity index (χ0v) is 10.5. The summed E-state index contributed by atoms with van der Waals surface area (Å²) >= 11 is 0. The molecule has 3 rings (SSSR count). The van der Waals surface area contributed by atoms with E-state index < -0.39 is 17.7 Å². The van der Waals surface area contributed by atoms with Gasteiger partial charge in [-0.05, 0) is 50.4 Å². The summed E-state index contributed by atoms with van der Waals surface area (Å²) in [6, 6.07) is -0.600. The third-order valence-corrected chi connectivity index (χ3v) is 4.62. The number of carbonyl (C=O) groups is 2. The second kappa shape index (κ2) is 3.95. The Balaban J connectivity index is 1.61. The van der Waals surface area contributed by atoms with Gasteiger partial charge in [-0.25, -0.2) is 4.79 Å². The zero-order chi connectivity index (χ0) is 12.9. The van der Waals surface area contributed by atoms with Gasteiger partial charge in [0.15, 0.2) is 5.78 Å². The Kier molecular flexibility index (Phi) is 2.62. The van der Waals surface area contributed by atoms with Gasteiger partial charge in [-0.15, -0.1) is 0 Å². The van der Waals surface area contributed by atoms with Gasteiger partial charge in [0.05, 0.1) is 12.6 Å². The lowest BCUT2D eigenvalue weighted by Gasteiger charge is -2.21. The predicted molar refractivity (Wildman–Crippen MR) is 63.3 cm³/mol. The molecule has 3 fully saturated rings. The van der Waals surface area contributed by atoms with Gasteiger partial charge >= 0.3 is 6.09 Å². The SMILES string of the molecule is C[C@]1(C(=O)[C@H](C[C@@H]2C[C@@H]3C[C@@H]3C2)NC(=O)O)CO1. The van der Waals surface area contributed by atoms with Crippen molar-refractivity contribution in [3.05, 3.63) is 0 Å². The first-order chi connectivity index (χ1) is 8.48. The van der Waals surface area contributed by atoms with Crippen LogP contribution in [-0.4, -0.2) is 35.2 Å². The number of amides is 1. The van der Waals surface area contributed by atoms with Crippen molar-refractivity contribution >= 4 is 11.9 Å². The van der Waals surface area contributed by atoms with Gasteiger partial charge in [-0.2, -0.15) is 0 Å². The van der Waals surface area contributed by atoms with E-state index in [-0.39, 0.29) is 5.78 Å². The molecule has 18 heavy (non-hydrogen) atoms. The lowest BCUT2D eigenvalue weighted by atomic mass is 9.89. The molecule has 0 aromatic carbocycles. The minimum atomic E-state index is -1.12. The Bertz CT molecular complexity index is 380. The Morgan fingerprint density at radius 1 is 1.39 bits per heavy atom. The molecule has 5 heteroatoms. The average Bonchev–Trinajstić information content (AvgIpc) is 3.18. The van der Waals surface area contributed by atoms with Crippen LogP contribution in [0.15, 0.2) is 0 Å². The summed E-state index contributed by atoms with van der Waals surface area (Å²) < 4.78 is 5.13. The molecular weight excluding hydrogens is 234 g/mol. The van der Waals surface area contributed by atoms with E-state index in [0.717, 1.165) is 24.7 Å². The minimum Gasteiger partial charge on any atom is -0.465 e. The topological polar surface area (TPSA) is 78.9 Å². The van der Waals surface area contributed by atoms with E-state index in [4.69, 9.17) is 9.84 Å². The van der Waals surface area contributed by atoms with Crippen molar-refractivity contribution in [2.24, 2.45) is 17.8 Å². The summed E-state index contributed by atoms with van der Waals surface area (Å²) in [5.41, 5.74) is -0.741. The highest BCUT2D eigenvalue weighted by Gasteiger charge is 2.52. The molecule has 2 saturated carbocycles. The van der Waals surface area contributed by atoms with Gasteiger partial charge in [-0.3, -0.25) is 4.79 Å². The van der Waals surface area contributed by atoms with E-state index in [1.165, 1.54) is 6.42 Å². The first-order valence-corrected chi connectivity index (χ1v) is 6.65. The largest absolute Gasteiger partial charge is 0.465 e. The molecule has 5 nitrogen and oxygen atoms in total. The monoisotopic (exact) mass is 253 g/mol. The maximum Gasteiger partial charge on any atom is 0.405 e. The summed E-state index contributed by atoms with van der Waals surface area (Å²) in [7, 11) is 0. The number of nitrogens with one attached hydrogen (secondary N) is 1. The number of ether oxygens (including phenoxy) is 1. The number of epoxide rings is 1. The van der Waals surface area contributed by atoms with Crippen molar-refractivity contribution in [3.63, 3.8) is 0 Å². The van der Waals surface area contributed by atoms with Crippen molar-refractivity contribution < 1.29 is 19.4 Å². The molecule has 5 atom stereocenters. The van der Waals surface area contributed by atoms with Gasteiger partial charge in [0.25, 0.3) is 0 Å². The van der Waals surface area contributed by atoms with Gasteiger partial charge in [0.1, 0.15) is 5.60 Å². The normalized spacial score (nSPS) is 41.9. The van der Waals surface area contributed by atoms with Crippen LogP contribution in [0.5, 0.6) is 0 Å². The molecule has 1 amide bonds. The average molecular weight is 253 g/mol. The third kappa shape index (κ3) is 2.23. The van der Waals surface area contributed by atoms with E-state index in [1.807, 2.05) is 0 Å². The van der Waals surface area contributed by atoms with Crippen LogP contribution in [0.1, 0.15) is 32.6 Å². The molecule has 1 saturated heterocycles. The summed E-state index contributed by atoms with van der Waals surface area (Å²) in [6.07, 6.45) is 3.17. The summed E-state index contributed by atoms with van der Waals surface area (Å²) in [6.45, 7) is 2.15. The second-order valence-corrected chi connectivity index (χ2v) is 6.21. The molecular formula is C13H19NO4. The fourth-order valence-electron chi connectivity index (χ4n) is 3.37. The molecule has 0 aromatic rings. The van der Waals surface area contributed by atoms with Crippen molar-refractivity contribution in [1.82, 2.24) is 5.32 Å². The lowest BCUT2D eigenvalue weighted by molar-refractivity contribution is -0.126. The van der Waals surface area contributed by atoms with E-state index in [1.54, 1.807) is 6.92 Å². The Hall–Kier alpha value is -1.10. The molecule has 100 valence electrons. The first kappa shape index (κ1) is 12.0. The van der Waals surface area contributed by atoms with Crippen LogP contribution in [0.25, 0.3) is 0 Å². The predicted octanol–water partition coefficient (Wildman–Crippen LogP) is 1.42. The third-order valence-electron chi connectivity index (χ3n) is 4.62. The maximum atomic E-state index is 12.2. The van der Waals surface area contributed by atoms with Gasteiger partial charge < -0.3 is 15.2 Å². The molecule has 0 spiro atoms. The van der Waals surface area contributed by atoms with Gasteiger partial charge in [-0.1, -0.05) is 0 Å². The van der Waals surface area contributed by atoms with Crippen LogP contribution in [0, 0.1) is 17.8 Å². The molecule has 0 radical (unpaired) electrons. The van der Waals surface area contributed by atoms with E-state index in [2.05, 4.69) is 5.32 Å². The van der Waals surface area contributed by atoms with Crippen molar-refractivity contribution in [1.29, 1.82) is 0 Å². The smallest absolute Gasteiger partial charge is 0.405 e. The number of carboxylic acid groups (broad SMARTS) is 1. The molecule has 1 aliphatic heterocycles. The highest BCUT2D eigenvalue weighted by atomic mass is 16.6. The van der Waals surface area contributed by atoms with Crippen LogP contribution in [-0.2, 0) is 9.53 Å². The van der Waals surface area contributed by atoms with E-state index >= 15 is 0 Å². The molecule has 0 aromatic heterocycles. The van der Waals surface area contributed by atoms with Crippen LogP contribution >= 0.6 is 0 Å². The Morgan fingerprint density at radius 3 is 2.50 bits per heavy atom. The van der Waals surface area contributed by atoms with Gasteiger partial charge in [0, 0.05) is 0 Å². The van der Waals surface area contributed by atoms with Crippen molar-refractivity contribution in [2.45, 2.75) is 44.2 Å². The van der Waals surface area contributed by atoms with E-state index in [0.29, 0.717) is 18.9 Å². The second-order valence-electron chi connectivity index (χ2n) is 6.21. The molecule has 0 unspecified atom stereocenters. The van der Waals surface area contributed by atoms with Crippen LogP contribution in [0.4, 0.5) is 4.79 Å². The van der Waals surface area contributed by atoms with Crippen molar-refractivity contribution in [3.8, 4) is 0 Å².